The van der Waals surface area contributed by atoms with Crippen molar-refractivity contribution in [2.24, 2.45) is 0 Å². The van der Waals surface area contributed by atoms with Crippen LogP contribution in [-0.2, 0) is 0 Å². The Bertz CT molecular complexity index is 727. The molecule has 4 nitrogen and oxygen atoms in total. The van der Waals surface area contributed by atoms with Gasteiger partial charge in [0.1, 0.15) is 0 Å². The van der Waals surface area contributed by atoms with Gasteiger partial charge in [-0.05, 0) is 22.9 Å². The number of halogens is 1. The van der Waals surface area contributed by atoms with E-state index in [-0.39, 0.29) is 22.5 Å². The molecule has 0 unspecified atom stereocenters. The van der Waals surface area contributed by atoms with Crippen LogP contribution in [0.3, 0.4) is 0 Å². The Morgan fingerprint density at radius 2 is 1.40 bits per heavy atom. The van der Waals surface area contributed by atoms with Crippen molar-refractivity contribution < 1.29 is 19.8 Å². The highest BCUT2D eigenvalue weighted by atomic mass is 79.9. The van der Waals surface area contributed by atoms with Crippen molar-refractivity contribution in [3.05, 3.63) is 56.6 Å². The molecule has 1 aliphatic rings. The van der Waals surface area contributed by atoms with Gasteiger partial charge in [0.15, 0.2) is 23.1 Å². The van der Waals surface area contributed by atoms with Gasteiger partial charge in [-0.2, -0.15) is 0 Å². The molecule has 0 aromatic heterocycles. The van der Waals surface area contributed by atoms with E-state index < -0.39 is 17.3 Å². The first-order valence-electron chi connectivity index (χ1n) is 5.87. The fourth-order valence-electron chi connectivity index (χ4n) is 2.40. The molecule has 2 aromatic carbocycles. The Kier molecular flexibility index (Phi) is 2.69. The monoisotopic (exact) mass is 332 g/mol. The van der Waals surface area contributed by atoms with Gasteiger partial charge < -0.3 is 10.2 Å². The lowest BCUT2D eigenvalue weighted by Gasteiger charge is -2.21. The van der Waals surface area contributed by atoms with Gasteiger partial charge in [0.25, 0.3) is 0 Å². The van der Waals surface area contributed by atoms with Crippen LogP contribution in [-0.4, -0.2) is 21.8 Å². The fourth-order valence-corrected chi connectivity index (χ4v) is 2.96. The highest BCUT2D eigenvalue weighted by Gasteiger charge is 2.36. The van der Waals surface area contributed by atoms with E-state index in [1.807, 2.05) is 0 Å². The normalized spacial score (nSPS) is 13.1. The molecule has 0 atom stereocenters. The Morgan fingerprint density at radius 1 is 0.900 bits per heavy atom. The molecule has 0 fully saturated rings. The summed E-state index contributed by atoms with van der Waals surface area (Å²) in [6, 6.07) is 6.43. The lowest BCUT2D eigenvalue weighted by atomic mass is 9.82. The minimum absolute atomic E-state index is 0.0986. The molecule has 0 saturated carbocycles. The van der Waals surface area contributed by atoms with E-state index in [1.165, 1.54) is 6.07 Å². The lowest BCUT2D eigenvalue weighted by Crippen LogP contribution is -2.22. The number of ketones is 2. The van der Waals surface area contributed by atoms with Gasteiger partial charge in [-0.15, -0.1) is 0 Å². The zero-order chi connectivity index (χ0) is 14.6. The summed E-state index contributed by atoms with van der Waals surface area (Å²) in [4.78, 5) is 25.0. The molecule has 0 amide bonds. The maximum atomic E-state index is 12.5. The average Bonchev–Trinajstić information content (AvgIpc) is 2.46. The SMILES string of the molecule is Cc1c(O)c(O)c2c(c1Br)C(=O)c1ccccc1C2=O. The smallest absolute Gasteiger partial charge is 0.198 e. The highest BCUT2D eigenvalue weighted by molar-refractivity contribution is 9.10. The van der Waals surface area contributed by atoms with Crippen LogP contribution in [0, 0.1) is 6.92 Å². The van der Waals surface area contributed by atoms with Crippen molar-refractivity contribution >= 4 is 27.5 Å². The molecule has 0 aliphatic heterocycles. The molecule has 2 aromatic rings. The summed E-state index contributed by atoms with van der Waals surface area (Å²) in [6.45, 7) is 1.55. The number of hydrogen-bond donors (Lipinski definition) is 2. The van der Waals surface area contributed by atoms with E-state index in [9.17, 15) is 19.8 Å². The summed E-state index contributed by atoms with van der Waals surface area (Å²) >= 11 is 3.23. The van der Waals surface area contributed by atoms with Crippen molar-refractivity contribution in [3.8, 4) is 11.5 Å². The molecule has 1 aliphatic carbocycles. The lowest BCUT2D eigenvalue weighted by molar-refractivity contribution is 0.0975. The van der Waals surface area contributed by atoms with Crippen molar-refractivity contribution in [2.45, 2.75) is 6.92 Å². The van der Waals surface area contributed by atoms with E-state index in [4.69, 9.17) is 0 Å². The van der Waals surface area contributed by atoms with Crippen LogP contribution in [0.2, 0.25) is 0 Å². The van der Waals surface area contributed by atoms with Gasteiger partial charge in [0.2, 0.25) is 0 Å². The standard InChI is InChI=1S/C15H9BrO4/c1-6-11(16)9-10(15(20)12(6)17)14(19)8-5-3-2-4-7(8)13(9)18/h2-5,17,20H,1H3. The molecule has 0 saturated heterocycles. The van der Waals surface area contributed by atoms with E-state index in [1.54, 1.807) is 25.1 Å². The molecule has 0 spiro atoms. The first kappa shape index (κ1) is 12.9. The molecule has 5 heteroatoms. The van der Waals surface area contributed by atoms with Crippen molar-refractivity contribution in [1.82, 2.24) is 0 Å². The zero-order valence-electron chi connectivity index (χ0n) is 10.4. The summed E-state index contributed by atoms with van der Waals surface area (Å²) in [7, 11) is 0. The van der Waals surface area contributed by atoms with Crippen molar-refractivity contribution in [3.63, 3.8) is 0 Å². The van der Waals surface area contributed by atoms with Crippen molar-refractivity contribution in [2.75, 3.05) is 0 Å². The molecule has 100 valence electrons. The van der Waals surface area contributed by atoms with Gasteiger partial charge in [0, 0.05) is 21.2 Å². The van der Waals surface area contributed by atoms with Crippen LogP contribution >= 0.6 is 15.9 Å². The second-order valence-corrected chi connectivity index (χ2v) is 5.38. The molecular weight excluding hydrogens is 324 g/mol. The predicted molar refractivity (Wildman–Crippen MR) is 75.5 cm³/mol. The van der Waals surface area contributed by atoms with Gasteiger partial charge in [0.05, 0.1) is 11.1 Å². The summed E-state index contributed by atoms with van der Waals surface area (Å²) in [5.41, 5.74) is 0.803. The van der Waals surface area contributed by atoms with Crippen LogP contribution in [0.5, 0.6) is 11.5 Å². The van der Waals surface area contributed by atoms with E-state index in [0.29, 0.717) is 15.6 Å². The van der Waals surface area contributed by atoms with Crippen LogP contribution in [0.4, 0.5) is 0 Å². The van der Waals surface area contributed by atoms with E-state index >= 15 is 0 Å². The Morgan fingerprint density at radius 3 is 1.95 bits per heavy atom. The zero-order valence-corrected chi connectivity index (χ0v) is 12.0. The third kappa shape index (κ3) is 1.47. The molecule has 3 rings (SSSR count). The molecule has 0 bridgehead atoms. The number of fused-ring (bicyclic) bond motifs is 2. The summed E-state index contributed by atoms with van der Waals surface area (Å²) in [5.74, 6) is -1.76. The summed E-state index contributed by atoms with van der Waals surface area (Å²) in [5, 5.41) is 19.9. The van der Waals surface area contributed by atoms with Crippen LogP contribution in [0.15, 0.2) is 28.7 Å². The first-order valence-corrected chi connectivity index (χ1v) is 6.66. The fraction of sp³-hybridized carbons (Fsp3) is 0.0667. The topological polar surface area (TPSA) is 74.6 Å². The van der Waals surface area contributed by atoms with Gasteiger partial charge in [-0.25, -0.2) is 0 Å². The maximum Gasteiger partial charge on any atom is 0.198 e. The number of carbonyl (C=O) groups is 2. The summed E-state index contributed by atoms with van der Waals surface area (Å²) in [6.07, 6.45) is 0. The van der Waals surface area contributed by atoms with Crippen LogP contribution in [0.1, 0.15) is 37.4 Å². The van der Waals surface area contributed by atoms with Gasteiger partial charge >= 0.3 is 0 Å². The number of aromatic hydroxyl groups is 2. The maximum absolute atomic E-state index is 12.5. The number of benzene rings is 2. The number of phenols is 2. The first-order chi connectivity index (χ1) is 9.45. The minimum atomic E-state index is -0.548. The number of carbonyl (C=O) groups excluding carboxylic acids is 2. The van der Waals surface area contributed by atoms with Crippen molar-refractivity contribution in [1.29, 1.82) is 0 Å². The largest absolute Gasteiger partial charge is 0.504 e. The molecular formula is C15H9BrO4. The quantitative estimate of drug-likeness (QED) is 0.620. The highest BCUT2D eigenvalue weighted by Crippen LogP contribution is 2.44. The van der Waals surface area contributed by atoms with Crippen LogP contribution in [0.25, 0.3) is 0 Å². The van der Waals surface area contributed by atoms with E-state index in [2.05, 4.69) is 15.9 Å². The summed E-state index contributed by atoms with van der Waals surface area (Å²) < 4.78 is 0.329. The molecule has 0 heterocycles. The average molecular weight is 333 g/mol. The number of rotatable bonds is 0. The molecule has 2 N–H and O–H groups in total. The number of hydrogen-bond acceptors (Lipinski definition) is 4. The molecule has 0 radical (unpaired) electrons. The van der Waals surface area contributed by atoms with Gasteiger partial charge in [-0.3, -0.25) is 9.59 Å². The molecule has 20 heavy (non-hydrogen) atoms. The Hall–Kier alpha value is -2.14. The number of phenolic OH excluding ortho intramolecular Hbond substituents is 2. The van der Waals surface area contributed by atoms with E-state index in [0.717, 1.165) is 0 Å². The minimum Gasteiger partial charge on any atom is -0.504 e. The Labute approximate surface area is 122 Å². The van der Waals surface area contributed by atoms with Gasteiger partial charge in [-0.1, -0.05) is 24.3 Å². The second-order valence-electron chi connectivity index (χ2n) is 4.59. The third-order valence-electron chi connectivity index (χ3n) is 3.49. The predicted octanol–water partition coefficient (Wildman–Crippen LogP) is 2.94. The third-order valence-corrected chi connectivity index (χ3v) is 4.48. The second kappa shape index (κ2) is 4.18. The Balaban J connectivity index is 2.46. The van der Waals surface area contributed by atoms with Crippen LogP contribution < -0.4 is 0 Å².